The minimum absolute atomic E-state index is 0.0395. The molecule has 148 valence electrons. The summed E-state index contributed by atoms with van der Waals surface area (Å²) in [7, 11) is 3.11. The molecule has 0 aromatic heterocycles. The Morgan fingerprint density at radius 2 is 1.74 bits per heavy atom. The average Bonchev–Trinajstić information content (AvgIpc) is 2.72. The summed E-state index contributed by atoms with van der Waals surface area (Å²) >= 11 is 0. The number of hydrogen-bond donors (Lipinski definition) is 1. The predicted octanol–water partition coefficient (Wildman–Crippen LogP) is 1.51. The van der Waals surface area contributed by atoms with Crippen molar-refractivity contribution in [3.05, 3.63) is 23.8 Å². The second-order valence-corrected chi connectivity index (χ2v) is 7.31. The Bertz CT molecular complexity index is 686. The number of carbonyl (C=O) groups is 2. The molecule has 27 heavy (non-hydrogen) atoms. The Morgan fingerprint density at radius 3 is 2.37 bits per heavy atom. The molecule has 0 spiro atoms. The Hall–Kier alpha value is -2.28. The number of nitrogens with two attached hydrogens (primary N) is 1. The van der Waals surface area contributed by atoms with Crippen molar-refractivity contribution in [2.24, 2.45) is 11.7 Å². The zero-order valence-electron chi connectivity index (χ0n) is 16.1. The monoisotopic (exact) mass is 375 g/mol. The standard InChI is InChI=1S/C20H29N3O4/c1-26-16-6-7-17(18(13-16)27-2)20(25)23-10-8-22(9-11-23)19(24)14-4-3-5-15(21)12-14/h6-7,13-15H,3-5,8-12,21H2,1-2H3. The van der Waals surface area contributed by atoms with E-state index in [0.29, 0.717) is 43.2 Å². The molecule has 2 fully saturated rings. The lowest BCUT2D eigenvalue weighted by Crippen LogP contribution is -2.52. The van der Waals surface area contributed by atoms with Crippen LogP contribution in [0.15, 0.2) is 18.2 Å². The van der Waals surface area contributed by atoms with Gasteiger partial charge in [-0.15, -0.1) is 0 Å². The van der Waals surface area contributed by atoms with Crippen LogP contribution >= 0.6 is 0 Å². The van der Waals surface area contributed by atoms with Gasteiger partial charge in [0.15, 0.2) is 0 Å². The van der Waals surface area contributed by atoms with Gasteiger partial charge in [-0.3, -0.25) is 9.59 Å². The number of carbonyl (C=O) groups excluding carboxylic acids is 2. The van der Waals surface area contributed by atoms with Crippen LogP contribution in [0.4, 0.5) is 0 Å². The van der Waals surface area contributed by atoms with Gasteiger partial charge in [-0.25, -0.2) is 0 Å². The van der Waals surface area contributed by atoms with Crippen LogP contribution in [0.1, 0.15) is 36.0 Å². The lowest BCUT2D eigenvalue weighted by atomic mass is 9.85. The largest absolute Gasteiger partial charge is 0.497 e. The van der Waals surface area contributed by atoms with Crippen LogP contribution in [-0.4, -0.2) is 68.1 Å². The Balaban J connectivity index is 1.60. The third-order valence-corrected chi connectivity index (χ3v) is 5.58. The summed E-state index contributed by atoms with van der Waals surface area (Å²) in [4.78, 5) is 29.3. The van der Waals surface area contributed by atoms with Gasteiger partial charge in [0.2, 0.25) is 5.91 Å². The zero-order chi connectivity index (χ0) is 19.4. The molecule has 2 unspecified atom stereocenters. The maximum Gasteiger partial charge on any atom is 0.257 e. The smallest absolute Gasteiger partial charge is 0.257 e. The molecule has 1 aromatic carbocycles. The minimum atomic E-state index is -0.0821. The quantitative estimate of drug-likeness (QED) is 0.862. The van der Waals surface area contributed by atoms with Gasteiger partial charge >= 0.3 is 0 Å². The van der Waals surface area contributed by atoms with Crippen molar-refractivity contribution in [3.8, 4) is 11.5 Å². The number of rotatable bonds is 4. The molecule has 7 heteroatoms. The van der Waals surface area contributed by atoms with Crippen LogP contribution in [0, 0.1) is 5.92 Å². The molecule has 1 aliphatic heterocycles. The van der Waals surface area contributed by atoms with Crippen molar-refractivity contribution >= 4 is 11.8 Å². The summed E-state index contributed by atoms with van der Waals surface area (Å²) < 4.78 is 10.5. The number of methoxy groups -OCH3 is 2. The van der Waals surface area contributed by atoms with E-state index in [1.807, 2.05) is 4.90 Å². The van der Waals surface area contributed by atoms with E-state index in [9.17, 15) is 9.59 Å². The first-order valence-electron chi connectivity index (χ1n) is 9.59. The lowest BCUT2D eigenvalue weighted by Gasteiger charge is -2.38. The molecule has 7 nitrogen and oxygen atoms in total. The summed E-state index contributed by atoms with van der Waals surface area (Å²) in [5.41, 5.74) is 6.53. The van der Waals surface area contributed by atoms with E-state index in [-0.39, 0.29) is 23.8 Å². The molecular weight excluding hydrogens is 346 g/mol. The first-order chi connectivity index (χ1) is 13.0. The molecule has 1 saturated carbocycles. The Labute approximate surface area is 160 Å². The fourth-order valence-electron chi connectivity index (χ4n) is 3.99. The minimum Gasteiger partial charge on any atom is -0.497 e. The number of hydrogen-bond acceptors (Lipinski definition) is 5. The number of amides is 2. The Morgan fingerprint density at radius 1 is 1.04 bits per heavy atom. The highest BCUT2D eigenvalue weighted by Crippen LogP contribution is 2.27. The summed E-state index contributed by atoms with van der Waals surface area (Å²) in [5.74, 6) is 1.29. The number of benzene rings is 1. The summed E-state index contributed by atoms with van der Waals surface area (Å²) in [6.07, 6.45) is 3.73. The summed E-state index contributed by atoms with van der Waals surface area (Å²) in [6, 6.07) is 5.32. The van der Waals surface area contributed by atoms with Crippen LogP contribution in [-0.2, 0) is 4.79 Å². The predicted molar refractivity (Wildman–Crippen MR) is 102 cm³/mol. The van der Waals surface area contributed by atoms with Gasteiger partial charge in [0.1, 0.15) is 11.5 Å². The highest BCUT2D eigenvalue weighted by Gasteiger charge is 2.32. The van der Waals surface area contributed by atoms with Crippen molar-refractivity contribution in [2.75, 3.05) is 40.4 Å². The topological polar surface area (TPSA) is 85.1 Å². The van der Waals surface area contributed by atoms with Gasteiger partial charge in [-0.05, 0) is 31.4 Å². The van der Waals surface area contributed by atoms with Crippen LogP contribution in [0.5, 0.6) is 11.5 Å². The van der Waals surface area contributed by atoms with E-state index in [1.165, 1.54) is 7.11 Å². The van der Waals surface area contributed by atoms with Gasteiger partial charge in [0, 0.05) is 44.2 Å². The van der Waals surface area contributed by atoms with E-state index >= 15 is 0 Å². The van der Waals surface area contributed by atoms with Gasteiger partial charge in [0.25, 0.3) is 5.91 Å². The first kappa shape index (κ1) is 19.5. The van der Waals surface area contributed by atoms with Gasteiger partial charge in [-0.1, -0.05) is 6.42 Å². The van der Waals surface area contributed by atoms with Crippen molar-refractivity contribution in [1.82, 2.24) is 9.80 Å². The third-order valence-electron chi connectivity index (χ3n) is 5.58. The second-order valence-electron chi connectivity index (χ2n) is 7.31. The normalized spacial score (nSPS) is 23.1. The summed E-state index contributed by atoms with van der Waals surface area (Å²) in [6.45, 7) is 2.18. The molecule has 2 atom stereocenters. The maximum atomic E-state index is 12.9. The van der Waals surface area contributed by atoms with Crippen molar-refractivity contribution < 1.29 is 19.1 Å². The molecular formula is C20H29N3O4. The van der Waals surface area contributed by atoms with Crippen LogP contribution in [0.25, 0.3) is 0 Å². The summed E-state index contributed by atoms with van der Waals surface area (Å²) in [5, 5.41) is 0. The Kier molecular flexibility index (Phi) is 6.21. The van der Waals surface area contributed by atoms with Crippen molar-refractivity contribution in [3.63, 3.8) is 0 Å². The van der Waals surface area contributed by atoms with E-state index in [2.05, 4.69) is 0 Å². The van der Waals surface area contributed by atoms with E-state index in [1.54, 1.807) is 30.2 Å². The molecule has 1 aliphatic carbocycles. The van der Waals surface area contributed by atoms with Crippen molar-refractivity contribution in [1.29, 1.82) is 0 Å². The van der Waals surface area contributed by atoms with Gasteiger partial charge in [-0.2, -0.15) is 0 Å². The molecule has 0 radical (unpaired) electrons. The van der Waals surface area contributed by atoms with E-state index in [4.69, 9.17) is 15.2 Å². The highest BCUT2D eigenvalue weighted by molar-refractivity contribution is 5.97. The molecule has 3 rings (SSSR count). The van der Waals surface area contributed by atoms with Gasteiger partial charge < -0.3 is 25.0 Å². The third kappa shape index (κ3) is 4.35. The fraction of sp³-hybridized carbons (Fsp3) is 0.600. The number of nitrogens with zero attached hydrogens (tertiary/aromatic N) is 2. The van der Waals surface area contributed by atoms with Crippen LogP contribution in [0.3, 0.4) is 0 Å². The fourth-order valence-corrected chi connectivity index (χ4v) is 3.99. The van der Waals surface area contributed by atoms with E-state index in [0.717, 1.165) is 25.7 Å². The molecule has 1 heterocycles. The second kappa shape index (κ2) is 8.61. The van der Waals surface area contributed by atoms with E-state index < -0.39 is 0 Å². The molecule has 2 amide bonds. The molecule has 2 N–H and O–H groups in total. The highest BCUT2D eigenvalue weighted by atomic mass is 16.5. The SMILES string of the molecule is COc1ccc(C(=O)N2CCN(C(=O)C3CCCC(N)C3)CC2)c(OC)c1. The average molecular weight is 375 g/mol. The first-order valence-corrected chi connectivity index (χ1v) is 9.59. The molecule has 1 saturated heterocycles. The number of piperazine rings is 1. The molecule has 1 aromatic rings. The van der Waals surface area contributed by atoms with Crippen LogP contribution in [0.2, 0.25) is 0 Å². The number of ether oxygens (including phenoxy) is 2. The molecule has 2 aliphatic rings. The van der Waals surface area contributed by atoms with Gasteiger partial charge in [0.05, 0.1) is 19.8 Å². The van der Waals surface area contributed by atoms with Crippen LogP contribution < -0.4 is 15.2 Å². The molecule has 0 bridgehead atoms. The van der Waals surface area contributed by atoms with Crippen molar-refractivity contribution in [2.45, 2.75) is 31.7 Å². The lowest BCUT2D eigenvalue weighted by molar-refractivity contribution is -0.138. The zero-order valence-corrected chi connectivity index (χ0v) is 16.1. The maximum absolute atomic E-state index is 12.9.